The highest BCUT2D eigenvalue weighted by molar-refractivity contribution is 7.47. The van der Waals surface area contributed by atoms with Gasteiger partial charge in [0.1, 0.15) is 12.6 Å². The molecule has 0 saturated carbocycles. The Morgan fingerprint density at radius 3 is 2.00 bits per heavy atom. The van der Waals surface area contributed by atoms with Gasteiger partial charge in [-0.25, -0.2) is 4.57 Å². The van der Waals surface area contributed by atoms with E-state index in [9.17, 15) is 39.2 Å². The Hall–Kier alpha value is -2.46. The smallest absolute Gasteiger partial charge is 0.472 e. The number of unbranched alkanes of at least 4 members (excludes halogenated alkanes) is 14. The lowest BCUT2D eigenvalue weighted by Crippen LogP contribution is -2.43. The third-order valence-corrected chi connectivity index (χ3v) is 11.1. The van der Waals surface area contributed by atoms with Gasteiger partial charge in [0.25, 0.3) is 0 Å². The minimum absolute atomic E-state index is 0.0259. The van der Waals surface area contributed by atoms with Gasteiger partial charge in [-0.2, -0.15) is 0 Å². The van der Waals surface area contributed by atoms with Crippen molar-refractivity contribution >= 4 is 25.7 Å². The molecule has 0 radical (unpaired) electrons. The van der Waals surface area contributed by atoms with Gasteiger partial charge in [0.15, 0.2) is 12.4 Å². The number of carboxylic acid groups (broad SMARTS) is 1. The first-order chi connectivity index (χ1) is 28.8. The molecule has 0 bridgehead atoms. The molecule has 1 heterocycles. The number of aliphatic carboxylic acids is 1. The summed E-state index contributed by atoms with van der Waals surface area (Å²) in [6.45, 7) is 2.40. The molecule has 15 nitrogen and oxygen atoms in total. The highest BCUT2D eigenvalue weighted by Gasteiger charge is 2.35. The molecule has 1 aliphatic heterocycles. The van der Waals surface area contributed by atoms with E-state index in [4.69, 9.17) is 29.6 Å². The van der Waals surface area contributed by atoms with Crippen LogP contribution in [-0.2, 0) is 42.2 Å². The summed E-state index contributed by atoms with van der Waals surface area (Å²) in [6.07, 6.45) is 26.8. The lowest BCUT2D eigenvalue weighted by Gasteiger charge is -2.36. The van der Waals surface area contributed by atoms with Gasteiger partial charge >= 0.3 is 25.7 Å². The second kappa shape index (κ2) is 35.1. The van der Waals surface area contributed by atoms with E-state index >= 15 is 0 Å². The van der Waals surface area contributed by atoms with Crippen molar-refractivity contribution in [2.75, 3.05) is 19.8 Å². The van der Waals surface area contributed by atoms with Crippen molar-refractivity contribution in [3.05, 3.63) is 36.5 Å². The van der Waals surface area contributed by atoms with Gasteiger partial charge in [-0.15, -0.1) is 0 Å². The van der Waals surface area contributed by atoms with E-state index in [1.165, 1.54) is 38.5 Å². The zero-order chi connectivity index (χ0) is 44.4. The number of allylic oxidation sites excluding steroid dienone is 4. The molecule has 8 atom stereocenters. The van der Waals surface area contributed by atoms with Crippen LogP contribution in [0.15, 0.2) is 36.5 Å². The number of carboxylic acids is 1. The van der Waals surface area contributed by atoms with Gasteiger partial charge in [0.05, 0.1) is 31.5 Å². The van der Waals surface area contributed by atoms with E-state index in [1.807, 2.05) is 12.2 Å². The second-order valence-electron chi connectivity index (χ2n) is 15.7. The number of ether oxygens (including phenoxy) is 3. The number of rotatable bonds is 37. The number of aliphatic hydroxyl groups excluding tert-OH is 3. The van der Waals surface area contributed by atoms with Crippen LogP contribution >= 0.6 is 7.82 Å². The maximum atomic E-state index is 12.7. The molecule has 1 fully saturated rings. The summed E-state index contributed by atoms with van der Waals surface area (Å²) in [5, 5.41) is 39.8. The normalized spacial score (nSPS) is 21.0. The third kappa shape index (κ3) is 29.7. The van der Waals surface area contributed by atoms with E-state index in [1.54, 1.807) is 12.2 Å². The predicted molar refractivity (Wildman–Crippen MR) is 230 cm³/mol. The minimum Gasteiger partial charge on any atom is -0.480 e. The van der Waals surface area contributed by atoms with Gasteiger partial charge < -0.3 is 45.3 Å². The van der Waals surface area contributed by atoms with Crippen LogP contribution in [0, 0.1) is 5.92 Å². The Balaban J connectivity index is 2.53. The first kappa shape index (κ1) is 55.6. The first-order valence-corrected chi connectivity index (χ1v) is 23.9. The van der Waals surface area contributed by atoms with Crippen molar-refractivity contribution in [1.29, 1.82) is 0 Å². The first-order valence-electron chi connectivity index (χ1n) is 22.4. The van der Waals surface area contributed by atoms with Crippen LogP contribution in [0.4, 0.5) is 0 Å². The van der Waals surface area contributed by atoms with Crippen molar-refractivity contribution in [2.24, 2.45) is 11.7 Å². The average Bonchev–Trinajstić information content (AvgIpc) is 3.20. The fraction of sp³-hybridized carbons (Fsp3) is 0.795. The minimum atomic E-state index is -4.79. The zero-order valence-electron chi connectivity index (χ0n) is 36.3. The highest BCUT2D eigenvalue weighted by Crippen LogP contribution is 2.43. The van der Waals surface area contributed by atoms with Crippen LogP contribution in [0.25, 0.3) is 0 Å². The molecule has 2 unspecified atom stereocenters. The summed E-state index contributed by atoms with van der Waals surface area (Å²) in [5.41, 5.74) is 5.33. The SMILES string of the molecule is CCCCCCCC/C=C\CCCCCCCC(=O)O[C@H](COC(=O)CCC/C=C\C[C@H]1[C@@H](O)CC(O)O[C@@H]1/C=C/[C@@H](O)CCCCC)COP(=O)(O)OC[C@H](N)C(=O)O. The lowest BCUT2D eigenvalue weighted by molar-refractivity contribution is -0.199. The van der Waals surface area contributed by atoms with E-state index in [2.05, 4.69) is 30.5 Å². The number of nitrogens with two attached hydrogens (primary N) is 1. The molecule has 348 valence electrons. The zero-order valence-corrected chi connectivity index (χ0v) is 37.2. The topological polar surface area (TPSA) is 242 Å². The molecule has 0 amide bonds. The Morgan fingerprint density at radius 1 is 0.767 bits per heavy atom. The van der Waals surface area contributed by atoms with Gasteiger partial charge in [-0.1, -0.05) is 121 Å². The van der Waals surface area contributed by atoms with Gasteiger partial charge in [-0.05, 0) is 57.8 Å². The second-order valence-corrected chi connectivity index (χ2v) is 17.2. The summed E-state index contributed by atoms with van der Waals surface area (Å²) in [7, 11) is -4.79. The molecule has 60 heavy (non-hydrogen) atoms. The molecule has 0 aliphatic carbocycles. The van der Waals surface area contributed by atoms with Gasteiger partial charge in [0, 0.05) is 25.2 Å². The summed E-state index contributed by atoms with van der Waals surface area (Å²) < 4.78 is 38.3. The Kier molecular flexibility index (Phi) is 32.5. The Labute approximate surface area is 358 Å². The summed E-state index contributed by atoms with van der Waals surface area (Å²) in [6, 6.07) is -1.56. The van der Waals surface area contributed by atoms with Crippen LogP contribution in [0.2, 0.25) is 0 Å². The van der Waals surface area contributed by atoms with Crippen LogP contribution in [0.1, 0.15) is 162 Å². The van der Waals surface area contributed by atoms with Crippen LogP contribution in [0.3, 0.4) is 0 Å². The molecule has 0 spiro atoms. The molecule has 0 aromatic heterocycles. The highest BCUT2D eigenvalue weighted by atomic mass is 31.2. The number of aliphatic hydroxyl groups is 3. The average molecular weight is 876 g/mol. The molecule has 1 saturated heterocycles. The number of phosphoric acid groups is 1. The Bertz CT molecular complexity index is 1280. The molecule has 1 rings (SSSR count). The monoisotopic (exact) mass is 876 g/mol. The Morgan fingerprint density at radius 2 is 1.33 bits per heavy atom. The molecular weight excluding hydrogens is 797 g/mol. The third-order valence-electron chi connectivity index (χ3n) is 10.2. The standard InChI is InChI=1S/C44H78NO14P/c1-3-5-7-8-9-10-11-12-13-14-15-16-17-18-24-28-42(49)58-36(33-56-60(53,54)57-34-38(45)44(51)52)32-55-41(48)27-23-20-19-22-26-37-39(47)31-43(50)59-40(37)30-29-35(46)25-21-6-4-2/h12-13,19,22,29-30,35-40,43,46-47,50H,3-11,14-18,20-21,23-28,31-34,45H2,1-2H3,(H,51,52)(H,53,54)/b13-12-,22-19-,30-29+/t35-,36+,37-,38-,39-,40+,43?/m0/s1. The fourth-order valence-electron chi connectivity index (χ4n) is 6.51. The van der Waals surface area contributed by atoms with Crippen molar-refractivity contribution in [3.63, 3.8) is 0 Å². The molecule has 1 aliphatic rings. The number of carbonyl (C=O) groups is 3. The quantitative estimate of drug-likeness (QED) is 0.0151. The molecular formula is C44H78NO14P. The number of hydrogen-bond donors (Lipinski definition) is 6. The molecule has 7 N–H and O–H groups in total. The lowest BCUT2D eigenvalue weighted by atomic mass is 9.87. The van der Waals surface area contributed by atoms with E-state index in [0.717, 1.165) is 57.8 Å². The van der Waals surface area contributed by atoms with E-state index < -0.39 is 82.3 Å². The van der Waals surface area contributed by atoms with Crippen molar-refractivity contribution in [1.82, 2.24) is 0 Å². The number of esters is 2. The number of phosphoric ester groups is 1. The molecule has 16 heteroatoms. The number of hydrogen-bond acceptors (Lipinski definition) is 13. The maximum absolute atomic E-state index is 12.7. The summed E-state index contributed by atoms with van der Waals surface area (Å²) in [4.78, 5) is 46.2. The van der Waals surface area contributed by atoms with Crippen molar-refractivity contribution < 1.29 is 67.5 Å². The van der Waals surface area contributed by atoms with Crippen LogP contribution in [0.5, 0.6) is 0 Å². The summed E-state index contributed by atoms with van der Waals surface area (Å²) in [5.74, 6) is -2.95. The molecule has 0 aromatic carbocycles. The van der Waals surface area contributed by atoms with Crippen molar-refractivity contribution in [3.8, 4) is 0 Å². The molecule has 0 aromatic rings. The van der Waals surface area contributed by atoms with Crippen LogP contribution < -0.4 is 5.73 Å². The van der Waals surface area contributed by atoms with Gasteiger partial charge in [-0.3, -0.25) is 23.4 Å². The fourth-order valence-corrected chi connectivity index (χ4v) is 7.29. The van der Waals surface area contributed by atoms with E-state index in [-0.39, 0.29) is 25.2 Å². The van der Waals surface area contributed by atoms with E-state index in [0.29, 0.717) is 32.1 Å². The predicted octanol–water partition coefficient (Wildman–Crippen LogP) is 7.72. The van der Waals surface area contributed by atoms with Crippen molar-refractivity contribution in [2.45, 2.75) is 198 Å². The van der Waals surface area contributed by atoms with Crippen LogP contribution in [-0.4, -0.2) is 99.8 Å². The van der Waals surface area contributed by atoms with Gasteiger partial charge in [0.2, 0.25) is 0 Å². The number of carbonyl (C=O) groups excluding carboxylic acids is 2. The largest absolute Gasteiger partial charge is 0.480 e. The summed E-state index contributed by atoms with van der Waals surface area (Å²) >= 11 is 0. The maximum Gasteiger partial charge on any atom is 0.472 e.